The largest absolute Gasteiger partial charge is 0.466 e. The first-order valence-corrected chi connectivity index (χ1v) is 4.36. The number of carbonyl (C=O) groups is 2. The van der Waals surface area contributed by atoms with E-state index in [1.807, 2.05) is 0 Å². The maximum atomic E-state index is 11.3. The second-order valence-corrected chi connectivity index (χ2v) is 2.98. The third-order valence-corrected chi connectivity index (χ3v) is 2.12. The van der Waals surface area contributed by atoms with Gasteiger partial charge in [-0.2, -0.15) is 0 Å². The SMILES string of the molecule is CCOC(=O)[C@@H]1CCN[C@@H]1C(N)=O.Cl. The monoisotopic (exact) mass is 222 g/mol. The van der Waals surface area contributed by atoms with Crippen LogP contribution >= 0.6 is 12.4 Å². The van der Waals surface area contributed by atoms with Crippen molar-refractivity contribution in [3.8, 4) is 0 Å². The first-order chi connectivity index (χ1) is 6.16. The van der Waals surface area contributed by atoms with E-state index >= 15 is 0 Å². The highest BCUT2D eigenvalue weighted by Gasteiger charge is 2.37. The Balaban J connectivity index is 0.00000169. The highest BCUT2D eigenvalue weighted by Crippen LogP contribution is 2.16. The van der Waals surface area contributed by atoms with Crippen LogP contribution in [0.15, 0.2) is 0 Å². The van der Waals surface area contributed by atoms with Crippen LogP contribution in [0.3, 0.4) is 0 Å². The first kappa shape index (κ1) is 13.2. The van der Waals surface area contributed by atoms with Gasteiger partial charge in [0.1, 0.15) is 0 Å². The van der Waals surface area contributed by atoms with Gasteiger partial charge in [-0.3, -0.25) is 9.59 Å². The topological polar surface area (TPSA) is 81.4 Å². The van der Waals surface area contributed by atoms with E-state index in [1.54, 1.807) is 6.92 Å². The van der Waals surface area contributed by atoms with Crippen LogP contribution in [0.1, 0.15) is 13.3 Å². The summed E-state index contributed by atoms with van der Waals surface area (Å²) in [5, 5.41) is 2.87. The molecule has 5 nitrogen and oxygen atoms in total. The van der Waals surface area contributed by atoms with Gasteiger partial charge in [0.2, 0.25) is 5.91 Å². The number of halogens is 1. The molecule has 0 spiro atoms. The van der Waals surface area contributed by atoms with Gasteiger partial charge in [0, 0.05) is 0 Å². The van der Waals surface area contributed by atoms with Crippen molar-refractivity contribution in [2.45, 2.75) is 19.4 Å². The van der Waals surface area contributed by atoms with Gasteiger partial charge in [-0.1, -0.05) is 0 Å². The molecule has 82 valence electrons. The van der Waals surface area contributed by atoms with Gasteiger partial charge < -0.3 is 15.8 Å². The molecule has 1 fully saturated rings. The van der Waals surface area contributed by atoms with Gasteiger partial charge in [-0.25, -0.2) is 0 Å². The Morgan fingerprint density at radius 1 is 1.57 bits per heavy atom. The Labute approximate surface area is 88.8 Å². The molecular weight excluding hydrogens is 208 g/mol. The lowest BCUT2D eigenvalue weighted by Gasteiger charge is -2.14. The summed E-state index contributed by atoms with van der Waals surface area (Å²) in [6.45, 7) is 2.71. The number of amides is 1. The fraction of sp³-hybridized carbons (Fsp3) is 0.750. The van der Waals surface area contributed by atoms with Crippen LogP contribution in [0.2, 0.25) is 0 Å². The smallest absolute Gasteiger partial charge is 0.311 e. The standard InChI is InChI=1S/C8H14N2O3.ClH/c1-2-13-8(12)5-3-4-10-6(5)7(9)11;/h5-6,10H,2-4H2,1H3,(H2,9,11);1H/t5-,6+;/m1./s1. The van der Waals surface area contributed by atoms with Gasteiger partial charge >= 0.3 is 5.97 Å². The van der Waals surface area contributed by atoms with Crippen LogP contribution in [0.25, 0.3) is 0 Å². The van der Waals surface area contributed by atoms with Crippen molar-refractivity contribution in [2.75, 3.05) is 13.2 Å². The Morgan fingerprint density at radius 2 is 2.21 bits per heavy atom. The number of hydrogen-bond donors (Lipinski definition) is 2. The molecule has 1 heterocycles. The fourth-order valence-corrected chi connectivity index (χ4v) is 1.51. The Bertz CT molecular complexity index is 223. The summed E-state index contributed by atoms with van der Waals surface area (Å²) in [5.41, 5.74) is 5.11. The van der Waals surface area contributed by atoms with Crippen molar-refractivity contribution in [3.05, 3.63) is 0 Å². The summed E-state index contributed by atoms with van der Waals surface area (Å²) >= 11 is 0. The van der Waals surface area contributed by atoms with Gasteiger partial charge in [0.25, 0.3) is 0 Å². The van der Waals surface area contributed by atoms with E-state index in [4.69, 9.17) is 10.5 Å². The number of rotatable bonds is 3. The quantitative estimate of drug-likeness (QED) is 0.627. The van der Waals surface area contributed by atoms with Gasteiger partial charge in [-0.05, 0) is 19.9 Å². The molecule has 0 bridgehead atoms. The minimum absolute atomic E-state index is 0. The number of ether oxygens (including phenoxy) is 1. The molecule has 1 aliphatic heterocycles. The number of nitrogens with one attached hydrogen (secondary N) is 1. The van der Waals surface area contributed by atoms with Crippen LogP contribution in [-0.4, -0.2) is 31.1 Å². The zero-order valence-corrected chi connectivity index (χ0v) is 8.80. The van der Waals surface area contributed by atoms with Crippen molar-refractivity contribution in [1.82, 2.24) is 5.32 Å². The molecule has 3 N–H and O–H groups in total. The van der Waals surface area contributed by atoms with Crippen LogP contribution in [0.4, 0.5) is 0 Å². The molecule has 1 saturated heterocycles. The molecule has 1 rings (SSSR count). The van der Waals surface area contributed by atoms with E-state index in [9.17, 15) is 9.59 Å². The van der Waals surface area contributed by atoms with E-state index < -0.39 is 17.9 Å². The maximum Gasteiger partial charge on any atom is 0.311 e. The summed E-state index contributed by atoms with van der Waals surface area (Å²) in [6.07, 6.45) is 0.618. The second kappa shape index (κ2) is 5.82. The Hall–Kier alpha value is -0.810. The summed E-state index contributed by atoms with van der Waals surface area (Å²) in [4.78, 5) is 22.2. The predicted molar refractivity (Wildman–Crippen MR) is 53.0 cm³/mol. The van der Waals surface area contributed by atoms with Crippen LogP contribution in [0, 0.1) is 5.92 Å². The molecule has 0 radical (unpaired) electrons. The molecule has 0 aliphatic carbocycles. The summed E-state index contributed by atoms with van der Waals surface area (Å²) < 4.78 is 4.82. The van der Waals surface area contributed by atoms with Crippen molar-refractivity contribution >= 4 is 24.3 Å². The van der Waals surface area contributed by atoms with E-state index in [-0.39, 0.29) is 18.4 Å². The average Bonchev–Trinajstić information content (AvgIpc) is 2.52. The maximum absolute atomic E-state index is 11.3. The average molecular weight is 223 g/mol. The van der Waals surface area contributed by atoms with Crippen molar-refractivity contribution < 1.29 is 14.3 Å². The second-order valence-electron chi connectivity index (χ2n) is 2.98. The minimum atomic E-state index is -0.556. The summed E-state index contributed by atoms with van der Waals surface area (Å²) in [5.74, 6) is -1.23. The van der Waals surface area contributed by atoms with Crippen LogP contribution < -0.4 is 11.1 Å². The zero-order chi connectivity index (χ0) is 9.84. The molecule has 0 unspecified atom stereocenters. The highest BCUT2D eigenvalue weighted by molar-refractivity contribution is 5.87. The van der Waals surface area contributed by atoms with Crippen molar-refractivity contribution in [2.24, 2.45) is 11.7 Å². The third-order valence-electron chi connectivity index (χ3n) is 2.12. The van der Waals surface area contributed by atoms with Gasteiger partial charge in [0.15, 0.2) is 0 Å². The number of carbonyl (C=O) groups excluding carboxylic acids is 2. The molecule has 0 aromatic carbocycles. The van der Waals surface area contributed by atoms with Crippen LogP contribution in [-0.2, 0) is 14.3 Å². The van der Waals surface area contributed by atoms with Gasteiger partial charge in [-0.15, -0.1) is 12.4 Å². The molecule has 2 atom stereocenters. The van der Waals surface area contributed by atoms with E-state index in [0.29, 0.717) is 19.6 Å². The van der Waals surface area contributed by atoms with Crippen molar-refractivity contribution in [3.63, 3.8) is 0 Å². The molecule has 14 heavy (non-hydrogen) atoms. The Kier molecular flexibility index (Phi) is 5.49. The first-order valence-electron chi connectivity index (χ1n) is 4.36. The van der Waals surface area contributed by atoms with E-state index in [1.165, 1.54) is 0 Å². The summed E-state index contributed by atoms with van der Waals surface area (Å²) in [7, 11) is 0. The normalized spacial score (nSPS) is 25.2. The number of nitrogens with two attached hydrogens (primary N) is 1. The van der Waals surface area contributed by atoms with Crippen molar-refractivity contribution in [1.29, 1.82) is 0 Å². The van der Waals surface area contributed by atoms with Gasteiger partial charge in [0.05, 0.1) is 18.6 Å². The van der Waals surface area contributed by atoms with Crippen LogP contribution in [0.5, 0.6) is 0 Å². The number of esters is 1. The lowest BCUT2D eigenvalue weighted by atomic mass is 10.0. The van der Waals surface area contributed by atoms with E-state index in [2.05, 4.69) is 5.32 Å². The molecule has 6 heteroatoms. The number of hydrogen-bond acceptors (Lipinski definition) is 4. The number of primary amides is 1. The molecule has 0 aromatic heterocycles. The molecule has 1 aliphatic rings. The van der Waals surface area contributed by atoms with E-state index in [0.717, 1.165) is 0 Å². The molecular formula is C8H15ClN2O3. The minimum Gasteiger partial charge on any atom is -0.466 e. The lowest BCUT2D eigenvalue weighted by Crippen LogP contribution is -2.43. The molecule has 1 amide bonds. The zero-order valence-electron chi connectivity index (χ0n) is 7.99. The fourth-order valence-electron chi connectivity index (χ4n) is 1.51. The molecule has 0 saturated carbocycles. The lowest BCUT2D eigenvalue weighted by molar-refractivity contribution is -0.149. The Morgan fingerprint density at radius 3 is 2.71 bits per heavy atom. The highest BCUT2D eigenvalue weighted by atomic mass is 35.5. The third kappa shape index (κ3) is 2.85. The summed E-state index contributed by atoms with van der Waals surface area (Å²) in [6, 6.07) is -0.556. The molecule has 0 aromatic rings. The predicted octanol–water partition coefficient (Wildman–Crippen LogP) is -0.565.